The summed E-state index contributed by atoms with van der Waals surface area (Å²) in [6.45, 7) is 0.694. The molecule has 0 unspecified atom stereocenters. The number of ether oxygens (including phenoxy) is 1. The number of carbonyl (C=O) groups excluding carboxylic acids is 2. The summed E-state index contributed by atoms with van der Waals surface area (Å²) in [7, 11) is 3.19. The first-order chi connectivity index (χ1) is 9.11. The summed E-state index contributed by atoms with van der Waals surface area (Å²) >= 11 is 0. The fourth-order valence-electron chi connectivity index (χ4n) is 2.04. The molecule has 2 rings (SSSR count). The second kappa shape index (κ2) is 5.40. The van der Waals surface area contributed by atoms with Crippen LogP contribution < -0.4 is 10.6 Å². The maximum atomic E-state index is 12.1. The normalized spacial score (nSPS) is 15.7. The smallest absolute Gasteiger partial charge is 0.337 e. The van der Waals surface area contributed by atoms with Gasteiger partial charge in [-0.25, -0.2) is 4.79 Å². The van der Waals surface area contributed by atoms with E-state index in [1.54, 1.807) is 24.3 Å². The Balaban J connectivity index is 2.00. The lowest BCUT2D eigenvalue weighted by Crippen LogP contribution is -2.32. The van der Waals surface area contributed by atoms with E-state index in [0.29, 0.717) is 17.8 Å². The minimum absolute atomic E-state index is 0.0349. The first kappa shape index (κ1) is 13.5. The molecular formula is C14H18N2O3. The lowest BCUT2D eigenvalue weighted by atomic mass is 10.1. The number of anilines is 1. The molecule has 1 saturated carbocycles. The molecule has 0 saturated heterocycles. The van der Waals surface area contributed by atoms with Crippen molar-refractivity contribution in [2.45, 2.75) is 12.8 Å². The van der Waals surface area contributed by atoms with Crippen LogP contribution >= 0.6 is 0 Å². The number of methoxy groups -OCH3 is 1. The summed E-state index contributed by atoms with van der Waals surface area (Å²) in [6, 6.07) is 6.69. The van der Waals surface area contributed by atoms with Crippen LogP contribution in [0.4, 0.5) is 5.69 Å². The molecule has 1 aliphatic carbocycles. The average Bonchev–Trinajstić information content (AvgIpc) is 3.20. The lowest BCUT2D eigenvalue weighted by molar-refractivity contribution is -0.120. The van der Waals surface area contributed by atoms with Crippen LogP contribution in [0.25, 0.3) is 0 Å². The van der Waals surface area contributed by atoms with Crippen molar-refractivity contribution in [2.24, 2.45) is 5.41 Å². The number of hydrogen-bond donors (Lipinski definition) is 2. The topological polar surface area (TPSA) is 67.4 Å². The van der Waals surface area contributed by atoms with Crippen LogP contribution in [0.15, 0.2) is 24.3 Å². The maximum Gasteiger partial charge on any atom is 0.337 e. The molecule has 1 aliphatic rings. The fourth-order valence-corrected chi connectivity index (χ4v) is 2.04. The van der Waals surface area contributed by atoms with Gasteiger partial charge in [0.25, 0.3) is 0 Å². The van der Waals surface area contributed by atoms with Gasteiger partial charge < -0.3 is 15.4 Å². The van der Waals surface area contributed by atoms with Crippen molar-refractivity contribution < 1.29 is 14.3 Å². The van der Waals surface area contributed by atoms with Crippen molar-refractivity contribution in [3.63, 3.8) is 0 Å². The Labute approximate surface area is 112 Å². The molecule has 0 atom stereocenters. The predicted octanol–water partition coefficient (Wildman–Crippen LogP) is 1.41. The van der Waals surface area contributed by atoms with E-state index in [9.17, 15) is 9.59 Å². The highest BCUT2D eigenvalue weighted by atomic mass is 16.5. The number of esters is 1. The molecule has 0 heterocycles. The minimum Gasteiger partial charge on any atom is -0.465 e. The van der Waals surface area contributed by atoms with Gasteiger partial charge in [-0.2, -0.15) is 0 Å². The quantitative estimate of drug-likeness (QED) is 0.787. The SMILES string of the molecule is CNCC1(C(=O)Nc2ccc(C(=O)OC)cc2)CC1. The number of benzene rings is 1. The predicted molar refractivity (Wildman–Crippen MR) is 72.0 cm³/mol. The van der Waals surface area contributed by atoms with Crippen LogP contribution in [-0.2, 0) is 9.53 Å². The Bertz CT molecular complexity index is 478. The summed E-state index contributed by atoms with van der Waals surface area (Å²) in [5, 5.41) is 5.93. The molecule has 5 heteroatoms. The van der Waals surface area contributed by atoms with Crippen LogP contribution in [0.2, 0.25) is 0 Å². The van der Waals surface area contributed by atoms with Crippen molar-refractivity contribution in [1.29, 1.82) is 0 Å². The van der Waals surface area contributed by atoms with Crippen LogP contribution in [0.3, 0.4) is 0 Å². The molecule has 1 aromatic rings. The summed E-state index contributed by atoms with van der Waals surface area (Å²) in [5.41, 5.74) is 0.910. The number of hydrogen-bond acceptors (Lipinski definition) is 4. The molecule has 0 aliphatic heterocycles. The fraction of sp³-hybridized carbons (Fsp3) is 0.429. The summed E-state index contributed by atoms with van der Waals surface area (Å²) < 4.78 is 4.62. The van der Waals surface area contributed by atoms with Crippen molar-refractivity contribution >= 4 is 17.6 Å². The average molecular weight is 262 g/mol. The summed E-state index contributed by atoms with van der Waals surface area (Å²) in [6.07, 6.45) is 1.83. The van der Waals surface area contributed by atoms with Crippen molar-refractivity contribution in [3.05, 3.63) is 29.8 Å². The standard InChI is InChI=1S/C14H18N2O3/c1-15-9-14(7-8-14)13(18)16-11-5-3-10(4-6-11)12(17)19-2/h3-6,15H,7-9H2,1-2H3,(H,16,18). The van der Waals surface area contributed by atoms with E-state index in [-0.39, 0.29) is 17.3 Å². The maximum absolute atomic E-state index is 12.1. The Morgan fingerprint density at radius 3 is 2.37 bits per heavy atom. The molecule has 1 fully saturated rings. The molecular weight excluding hydrogens is 244 g/mol. The van der Waals surface area contributed by atoms with Crippen LogP contribution in [0.5, 0.6) is 0 Å². The first-order valence-corrected chi connectivity index (χ1v) is 6.26. The lowest BCUT2D eigenvalue weighted by Gasteiger charge is -2.14. The zero-order valence-corrected chi connectivity index (χ0v) is 11.2. The molecule has 0 aromatic heterocycles. The summed E-state index contributed by atoms with van der Waals surface area (Å²) in [4.78, 5) is 23.4. The molecule has 5 nitrogen and oxygen atoms in total. The monoisotopic (exact) mass is 262 g/mol. The van der Waals surface area contributed by atoms with Gasteiger partial charge in [0.15, 0.2) is 0 Å². The van der Waals surface area contributed by atoms with Gasteiger partial charge in [0.1, 0.15) is 0 Å². The van der Waals surface area contributed by atoms with E-state index >= 15 is 0 Å². The Morgan fingerprint density at radius 1 is 1.26 bits per heavy atom. The molecule has 0 radical (unpaired) electrons. The number of amides is 1. The molecule has 102 valence electrons. The third-order valence-electron chi connectivity index (χ3n) is 3.41. The Morgan fingerprint density at radius 2 is 1.89 bits per heavy atom. The number of nitrogens with one attached hydrogen (secondary N) is 2. The van der Waals surface area contributed by atoms with Gasteiger partial charge in [0.05, 0.1) is 18.1 Å². The van der Waals surface area contributed by atoms with E-state index < -0.39 is 0 Å². The second-order valence-electron chi connectivity index (χ2n) is 4.83. The Kier molecular flexibility index (Phi) is 3.85. The molecule has 2 N–H and O–H groups in total. The zero-order chi connectivity index (χ0) is 13.9. The van der Waals surface area contributed by atoms with Crippen molar-refractivity contribution in [2.75, 3.05) is 26.0 Å². The van der Waals surface area contributed by atoms with Gasteiger partial charge in [-0.05, 0) is 44.2 Å². The van der Waals surface area contributed by atoms with E-state index in [4.69, 9.17) is 0 Å². The number of carbonyl (C=O) groups is 2. The second-order valence-corrected chi connectivity index (χ2v) is 4.83. The zero-order valence-electron chi connectivity index (χ0n) is 11.2. The van der Waals surface area contributed by atoms with Gasteiger partial charge in [0.2, 0.25) is 5.91 Å². The van der Waals surface area contributed by atoms with Gasteiger partial charge in [0, 0.05) is 12.2 Å². The van der Waals surface area contributed by atoms with E-state index in [2.05, 4.69) is 15.4 Å². The molecule has 0 bridgehead atoms. The third kappa shape index (κ3) is 2.93. The molecule has 1 amide bonds. The van der Waals surface area contributed by atoms with Gasteiger partial charge in [-0.15, -0.1) is 0 Å². The van der Waals surface area contributed by atoms with Crippen molar-refractivity contribution in [3.8, 4) is 0 Å². The molecule has 1 aromatic carbocycles. The van der Waals surface area contributed by atoms with E-state index in [1.807, 2.05) is 7.05 Å². The van der Waals surface area contributed by atoms with Crippen molar-refractivity contribution in [1.82, 2.24) is 5.32 Å². The van der Waals surface area contributed by atoms with Crippen LogP contribution in [0.1, 0.15) is 23.2 Å². The summed E-state index contributed by atoms with van der Waals surface area (Å²) in [5.74, 6) is -0.348. The molecule has 19 heavy (non-hydrogen) atoms. The Hall–Kier alpha value is -1.88. The van der Waals surface area contributed by atoms with E-state index in [1.165, 1.54) is 7.11 Å². The highest BCUT2D eigenvalue weighted by Gasteiger charge is 2.49. The first-order valence-electron chi connectivity index (χ1n) is 6.26. The third-order valence-corrected chi connectivity index (χ3v) is 3.41. The largest absolute Gasteiger partial charge is 0.465 e. The molecule has 0 spiro atoms. The van der Waals surface area contributed by atoms with Gasteiger partial charge >= 0.3 is 5.97 Å². The van der Waals surface area contributed by atoms with Gasteiger partial charge in [-0.1, -0.05) is 0 Å². The highest BCUT2D eigenvalue weighted by Crippen LogP contribution is 2.45. The van der Waals surface area contributed by atoms with Gasteiger partial charge in [-0.3, -0.25) is 4.79 Å². The highest BCUT2D eigenvalue weighted by molar-refractivity contribution is 5.98. The van der Waals surface area contributed by atoms with Crippen LogP contribution in [-0.4, -0.2) is 32.6 Å². The van der Waals surface area contributed by atoms with Crippen LogP contribution in [0, 0.1) is 5.41 Å². The minimum atomic E-state index is -0.383. The van der Waals surface area contributed by atoms with E-state index in [0.717, 1.165) is 12.8 Å². The number of rotatable bonds is 5.